The second-order valence-corrected chi connectivity index (χ2v) is 12.7. The van der Waals surface area contributed by atoms with E-state index >= 15 is 0 Å². The van der Waals surface area contributed by atoms with Crippen molar-refractivity contribution in [2.75, 3.05) is 14.2 Å². The van der Waals surface area contributed by atoms with Gasteiger partial charge in [-0.2, -0.15) is 0 Å². The molecule has 0 spiro atoms. The Morgan fingerprint density at radius 3 is 2.30 bits per heavy atom. The summed E-state index contributed by atoms with van der Waals surface area (Å²) in [5, 5.41) is 0. The van der Waals surface area contributed by atoms with Crippen molar-refractivity contribution >= 4 is 23.7 Å². The van der Waals surface area contributed by atoms with Crippen LogP contribution in [0.15, 0.2) is 23.0 Å². The molecule has 4 aliphatic carbocycles. The van der Waals surface area contributed by atoms with Crippen LogP contribution in [0.5, 0.6) is 0 Å². The highest BCUT2D eigenvalue weighted by Crippen LogP contribution is 2.79. The minimum atomic E-state index is -1.62. The lowest BCUT2D eigenvalue weighted by Gasteiger charge is -2.66. The van der Waals surface area contributed by atoms with Gasteiger partial charge in [0.1, 0.15) is 18.0 Å². The van der Waals surface area contributed by atoms with Crippen LogP contribution in [0.3, 0.4) is 0 Å². The van der Waals surface area contributed by atoms with E-state index in [1.54, 1.807) is 6.92 Å². The van der Waals surface area contributed by atoms with Gasteiger partial charge in [-0.15, -0.1) is 0 Å². The van der Waals surface area contributed by atoms with Crippen LogP contribution >= 0.6 is 0 Å². The van der Waals surface area contributed by atoms with Crippen molar-refractivity contribution in [1.29, 1.82) is 0 Å². The summed E-state index contributed by atoms with van der Waals surface area (Å²) in [4.78, 5) is 54.2. The fourth-order valence-corrected chi connectivity index (χ4v) is 9.91. The Kier molecular flexibility index (Phi) is 5.25. The molecule has 37 heavy (non-hydrogen) atoms. The van der Waals surface area contributed by atoms with Crippen molar-refractivity contribution in [3.8, 4) is 0 Å². The van der Waals surface area contributed by atoms with Crippen molar-refractivity contribution in [3.63, 3.8) is 0 Å². The Labute approximate surface area is 218 Å². The Bertz CT molecular complexity index is 1190. The van der Waals surface area contributed by atoms with Crippen LogP contribution in [0.4, 0.5) is 0 Å². The monoisotopic (exact) mass is 514 g/mol. The van der Waals surface area contributed by atoms with Crippen molar-refractivity contribution in [2.45, 2.75) is 79.9 Å². The third kappa shape index (κ3) is 2.51. The molecule has 202 valence electrons. The zero-order chi connectivity index (χ0) is 27.5. The van der Waals surface area contributed by atoms with Gasteiger partial charge in [-0.3, -0.25) is 19.2 Å². The van der Waals surface area contributed by atoms with Gasteiger partial charge in [-0.25, -0.2) is 0 Å². The maximum Gasteiger partial charge on any atom is 0.321 e. The second-order valence-electron chi connectivity index (χ2n) is 12.7. The van der Waals surface area contributed by atoms with E-state index in [1.165, 1.54) is 21.1 Å². The Morgan fingerprint density at radius 1 is 1.08 bits per heavy atom. The number of allylic oxidation sites excluding steroid dienone is 3. The summed E-state index contributed by atoms with van der Waals surface area (Å²) in [6.45, 7) is 12.9. The molecule has 5 rings (SSSR count). The number of rotatable bonds is 3. The van der Waals surface area contributed by atoms with Crippen molar-refractivity contribution in [2.24, 2.45) is 38.9 Å². The largest absolute Gasteiger partial charge is 0.500 e. The smallest absolute Gasteiger partial charge is 0.321 e. The van der Waals surface area contributed by atoms with Crippen LogP contribution in [0.2, 0.25) is 0 Å². The van der Waals surface area contributed by atoms with Crippen LogP contribution in [0.25, 0.3) is 0 Å². The molecule has 1 saturated heterocycles. The number of hydrogen-bond donors (Lipinski definition) is 0. The molecule has 0 radical (unpaired) electrons. The molecule has 5 aliphatic rings. The normalized spacial score (nSPS) is 45.3. The topological polar surface area (TPSA) is 105 Å². The lowest BCUT2D eigenvalue weighted by molar-refractivity contribution is -0.216. The standard InChI is InChI=1S/C29H38O8/c1-14-12-18-26(6,29(24(33)35-9)21(31)15(2)22(34-8)27(14,29)7)13-17-20-25(4,5)19(36-16(3)30)10-11-28(18,20)23(32)37-17/h12,17-20H,10-11,13H2,1-9H3/t17-,18-,19-,20+,26-,27-,28+,29+/m0/s1. The summed E-state index contributed by atoms with van der Waals surface area (Å²) in [5.74, 6) is -1.81. The van der Waals surface area contributed by atoms with Gasteiger partial charge in [-0.05, 0) is 40.0 Å². The van der Waals surface area contributed by atoms with Gasteiger partial charge >= 0.3 is 17.9 Å². The molecule has 1 aliphatic heterocycles. The first-order chi connectivity index (χ1) is 17.1. The molecule has 2 bridgehead atoms. The zero-order valence-electron chi connectivity index (χ0n) is 23.3. The van der Waals surface area contributed by atoms with Gasteiger partial charge in [0, 0.05) is 35.2 Å². The number of fused-ring (bicyclic) bond motifs is 3. The summed E-state index contributed by atoms with van der Waals surface area (Å²) < 4.78 is 23.1. The fraction of sp³-hybridized carbons (Fsp3) is 0.724. The number of hydrogen-bond acceptors (Lipinski definition) is 8. The van der Waals surface area contributed by atoms with Gasteiger partial charge in [0.2, 0.25) is 0 Å². The number of carbonyl (C=O) groups is 4. The van der Waals surface area contributed by atoms with Gasteiger partial charge in [0.05, 0.1) is 25.0 Å². The average molecular weight is 515 g/mol. The average Bonchev–Trinajstić information content (AvgIpc) is 3.16. The van der Waals surface area contributed by atoms with E-state index < -0.39 is 45.1 Å². The van der Waals surface area contributed by atoms with Crippen LogP contribution in [0, 0.1) is 38.9 Å². The SMILES string of the molecule is COC(=O)[C@@]12C(=O)C(C)=C(OC)[C@]1(C)C(C)=C[C@@H]1[C@]34CC[C@H](OC(C)=O)C(C)(C)[C@H]3[C@H](C[C@@]12C)OC4=O. The minimum absolute atomic E-state index is 0.251. The Morgan fingerprint density at radius 2 is 1.73 bits per heavy atom. The highest BCUT2D eigenvalue weighted by atomic mass is 16.6. The van der Waals surface area contributed by atoms with Crippen LogP contribution < -0.4 is 0 Å². The first-order valence-corrected chi connectivity index (χ1v) is 13.1. The van der Waals surface area contributed by atoms with E-state index in [4.69, 9.17) is 18.9 Å². The van der Waals surface area contributed by atoms with Gasteiger partial charge in [0.15, 0.2) is 11.2 Å². The van der Waals surface area contributed by atoms with E-state index in [1.807, 2.05) is 34.6 Å². The number of ether oxygens (including phenoxy) is 4. The predicted molar refractivity (Wildman–Crippen MR) is 132 cm³/mol. The minimum Gasteiger partial charge on any atom is -0.500 e. The molecule has 8 nitrogen and oxygen atoms in total. The van der Waals surface area contributed by atoms with E-state index in [9.17, 15) is 19.2 Å². The zero-order valence-corrected chi connectivity index (χ0v) is 23.3. The van der Waals surface area contributed by atoms with Gasteiger partial charge in [-0.1, -0.05) is 32.4 Å². The summed E-state index contributed by atoms with van der Waals surface area (Å²) in [6, 6.07) is 0. The molecule has 0 aromatic rings. The molecule has 0 aromatic heterocycles. The molecule has 0 unspecified atom stereocenters. The molecule has 8 atom stereocenters. The van der Waals surface area contributed by atoms with Crippen molar-refractivity contribution < 1.29 is 38.1 Å². The van der Waals surface area contributed by atoms with Crippen LogP contribution in [-0.2, 0) is 38.1 Å². The highest BCUT2D eigenvalue weighted by Gasteiger charge is 2.85. The lowest BCUT2D eigenvalue weighted by atomic mass is 9.33. The van der Waals surface area contributed by atoms with Gasteiger partial charge in [0.25, 0.3) is 0 Å². The first kappa shape index (κ1) is 26.0. The first-order valence-electron chi connectivity index (χ1n) is 13.1. The molecule has 0 amide bonds. The molecule has 8 heteroatoms. The molecular weight excluding hydrogens is 476 g/mol. The van der Waals surface area contributed by atoms with E-state index in [-0.39, 0.29) is 29.7 Å². The maximum atomic E-state index is 14.4. The maximum absolute atomic E-state index is 14.4. The summed E-state index contributed by atoms with van der Waals surface area (Å²) in [7, 11) is 2.84. The van der Waals surface area contributed by atoms with Gasteiger partial charge < -0.3 is 18.9 Å². The molecule has 0 N–H and O–H groups in total. The third-order valence-electron chi connectivity index (χ3n) is 11.2. The number of esters is 3. The molecule has 0 aromatic carbocycles. The van der Waals surface area contributed by atoms with Crippen molar-refractivity contribution in [1.82, 2.24) is 0 Å². The number of methoxy groups -OCH3 is 2. The lowest BCUT2D eigenvalue weighted by Crippen LogP contribution is -2.71. The summed E-state index contributed by atoms with van der Waals surface area (Å²) in [5.41, 5.74) is -4.01. The summed E-state index contributed by atoms with van der Waals surface area (Å²) >= 11 is 0. The predicted octanol–water partition coefficient (Wildman–Crippen LogP) is 3.92. The number of Topliss-reactive ketones (excluding diaryl/α,β-unsaturated/α-hetero) is 1. The molecule has 3 fully saturated rings. The third-order valence-corrected chi connectivity index (χ3v) is 11.2. The van der Waals surface area contributed by atoms with Crippen LogP contribution in [-0.4, -0.2) is 50.1 Å². The Balaban J connectivity index is 1.80. The number of carbonyl (C=O) groups excluding carboxylic acids is 4. The Hall–Kier alpha value is -2.64. The molecule has 1 heterocycles. The fourth-order valence-electron chi connectivity index (χ4n) is 9.91. The molecule has 2 saturated carbocycles. The second kappa shape index (κ2) is 7.48. The quantitative estimate of drug-likeness (QED) is 0.242. The van der Waals surface area contributed by atoms with E-state index in [2.05, 4.69) is 6.08 Å². The van der Waals surface area contributed by atoms with E-state index in [0.717, 1.165) is 5.57 Å². The van der Waals surface area contributed by atoms with Crippen LogP contribution in [0.1, 0.15) is 67.7 Å². The highest BCUT2D eigenvalue weighted by molar-refractivity contribution is 6.17. The number of ketones is 1. The summed E-state index contributed by atoms with van der Waals surface area (Å²) in [6.07, 6.45) is 2.42. The molecular formula is C29H38O8. The van der Waals surface area contributed by atoms with E-state index in [0.29, 0.717) is 30.6 Å². The van der Waals surface area contributed by atoms with Crippen molar-refractivity contribution in [3.05, 3.63) is 23.0 Å².